The van der Waals surface area contributed by atoms with Gasteiger partial charge in [0.1, 0.15) is 10.8 Å². The molecule has 0 aliphatic heterocycles. The molecule has 0 bridgehead atoms. The Morgan fingerprint density at radius 2 is 2.07 bits per heavy atom. The van der Waals surface area contributed by atoms with Gasteiger partial charge < -0.3 is 5.11 Å². The predicted molar refractivity (Wildman–Crippen MR) is 64.5 cm³/mol. The van der Waals surface area contributed by atoms with Crippen LogP contribution in [0, 0.1) is 6.92 Å². The molecule has 2 nitrogen and oxygen atoms in total. The smallest absolute Gasteiger partial charge is 0.115 e. The Morgan fingerprint density at radius 1 is 1.33 bits per heavy atom. The first-order valence-corrected chi connectivity index (χ1v) is 6.43. The zero-order valence-corrected chi connectivity index (χ0v) is 9.94. The summed E-state index contributed by atoms with van der Waals surface area (Å²) in [5, 5.41) is 12.3. The molecule has 0 saturated heterocycles. The van der Waals surface area contributed by atoms with Crippen LogP contribution in [0.15, 0.2) is 34.5 Å². The number of benzene rings is 1. The van der Waals surface area contributed by atoms with Crippen molar-refractivity contribution in [2.45, 2.75) is 17.6 Å². The van der Waals surface area contributed by atoms with Crippen molar-refractivity contribution in [2.75, 3.05) is 0 Å². The van der Waals surface area contributed by atoms with Crippen molar-refractivity contribution >= 4 is 23.1 Å². The third-order valence-corrected chi connectivity index (χ3v) is 4.04. The van der Waals surface area contributed by atoms with Gasteiger partial charge in [0.2, 0.25) is 0 Å². The second-order valence-electron chi connectivity index (χ2n) is 3.17. The number of thiazole rings is 1. The Kier molecular flexibility index (Phi) is 3.28. The van der Waals surface area contributed by atoms with Gasteiger partial charge >= 0.3 is 0 Å². The maximum atomic E-state index is 9.13. The largest absolute Gasteiger partial charge is 0.508 e. The summed E-state index contributed by atoms with van der Waals surface area (Å²) in [5.41, 5.74) is 1.08. The molecule has 2 rings (SSSR count). The summed E-state index contributed by atoms with van der Waals surface area (Å²) >= 11 is 3.42. The highest BCUT2D eigenvalue weighted by molar-refractivity contribution is 7.98. The van der Waals surface area contributed by atoms with Crippen LogP contribution in [0.5, 0.6) is 5.75 Å². The fraction of sp³-hybridized carbons (Fsp3) is 0.182. The van der Waals surface area contributed by atoms with Crippen molar-refractivity contribution in [3.63, 3.8) is 0 Å². The van der Waals surface area contributed by atoms with Gasteiger partial charge in [0.15, 0.2) is 0 Å². The molecular formula is C11H11NOS2. The average Bonchev–Trinajstić information content (AvgIpc) is 2.64. The molecule has 0 unspecified atom stereocenters. The molecule has 1 aromatic heterocycles. The van der Waals surface area contributed by atoms with E-state index in [-0.39, 0.29) is 0 Å². The summed E-state index contributed by atoms with van der Waals surface area (Å²) in [6, 6.07) is 7.24. The Labute approximate surface area is 97.0 Å². The Bertz CT molecular complexity index is 436. The lowest BCUT2D eigenvalue weighted by molar-refractivity contribution is 0.475. The SMILES string of the molecule is Cc1csc(CSc2ccc(O)cc2)n1. The van der Waals surface area contributed by atoms with Crippen molar-refractivity contribution in [1.29, 1.82) is 0 Å². The number of thioether (sulfide) groups is 1. The quantitative estimate of drug-likeness (QED) is 0.830. The molecule has 0 amide bonds. The van der Waals surface area contributed by atoms with Gasteiger partial charge in [-0.25, -0.2) is 4.98 Å². The fourth-order valence-corrected chi connectivity index (χ4v) is 2.84. The molecule has 0 aliphatic rings. The molecule has 1 heterocycles. The van der Waals surface area contributed by atoms with E-state index in [2.05, 4.69) is 10.4 Å². The lowest BCUT2D eigenvalue weighted by atomic mass is 10.3. The van der Waals surface area contributed by atoms with Crippen LogP contribution in [0.25, 0.3) is 0 Å². The molecule has 1 N–H and O–H groups in total. The van der Waals surface area contributed by atoms with E-state index < -0.39 is 0 Å². The minimum Gasteiger partial charge on any atom is -0.508 e. The normalized spacial score (nSPS) is 10.5. The zero-order valence-electron chi connectivity index (χ0n) is 8.30. The molecular weight excluding hydrogens is 226 g/mol. The number of phenols is 1. The van der Waals surface area contributed by atoms with Gasteiger partial charge in [0.05, 0.1) is 5.75 Å². The van der Waals surface area contributed by atoms with E-state index in [1.165, 1.54) is 0 Å². The Balaban J connectivity index is 1.96. The lowest BCUT2D eigenvalue weighted by Gasteiger charge is -1.98. The number of aromatic nitrogens is 1. The number of rotatable bonds is 3. The summed E-state index contributed by atoms with van der Waals surface area (Å²) in [6.07, 6.45) is 0. The molecule has 15 heavy (non-hydrogen) atoms. The summed E-state index contributed by atoms with van der Waals surface area (Å²) in [7, 11) is 0. The molecule has 2 aromatic rings. The third kappa shape index (κ3) is 2.97. The Morgan fingerprint density at radius 3 is 2.67 bits per heavy atom. The number of aromatic hydroxyl groups is 1. The number of hydrogen-bond donors (Lipinski definition) is 1. The topological polar surface area (TPSA) is 33.1 Å². The van der Waals surface area contributed by atoms with Gasteiger partial charge in [-0.1, -0.05) is 0 Å². The molecule has 0 radical (unpaired) electrons. The molecule has 0 aliphatic carbocycles. The number of aryl methyl sites for hydroxylation is 1. The predicted octanol–water partition coefficient (Wildman–Crippen LogP) is 3.45. The first-order valence-electron chi connectivity index (χ1n) is 4.57. The summed E-state index contributed by atoms with van der Waals surface area (Å²) < 4.78 is 0. The third-order valence-electron chi connectivity index (χ3n) is 1.87. The lowest BCUT2D eigenvalue weighted by Crippen LogP contribution is -1.79. The molecule has 0 spiro atoms. The van der Waals surface area contributed by atoms with Gasteiger partial charge in [0.25, 0.3) is 0 Å². The van der Waals surface area contributed by atoms with Crippen molar-refractivity contribution in [3.05, 3.63) is 40.3 Å². The maximum absolute atomic E-state index is 9.13. The molecule has 78 valence electrons. The van der Waals surface area contributed by atoms with Crippen molar-refractivity contribution in [3.8, 4) is 5.75 Å². The summed E-state index contributed by atoms with van der Waals surface area (Å²) in [5.74, 6) is 1.20. The monoisotopic (exact) mass is 237 g/mol. The number of nitrogens with zero attached hydrogens (tertiary/aromatic N) is 1. The van der Waals surface area contributed by atoms with Crippen LogP contribution in [-0.2, 0) is 5.75 Å². The molecule has 0 fully saturated rings. The first kappa shape index (κ1) is 10.5. The van der Waals surface area contributed by atoms with E-state index in [4.69, 9.17) is 5.11 Å². The van der Waals surface area contributed by atoms with E-state index in [0.717, 1.165) is 21.3 Å². The van der Waals surface area contributed by atoms with Gasteiger partial charge in [-0.05, 0) is 31.2 Å². The molecule has 0 saturated carbocycles. The zero-order chi connectivity index (χ0) is 10.7. The van der Waals surface area contributed by atoms with Crippen molar-refractivity contribution < 1.29 is 5.11 Å². The van der Waals surface area contributed by atoms with E-state index in [0.29, 0.717) is 5.75 Å². The van der Waals surface area contributed by atoms with Crippen LogP contribution in [-0.4, -0.2) is 10.1 Å². The van der Waals surface area contributed by atoms with Crippen LogP contribution < -0.4 is 0 Å². The minimum absolute atomic E-state index is 0.310. The van der Waals surface area contributed by atoms with Gasteiger partial charge in [-0.15, -0.1) is 23.1 Å². The second kappa shape index (κ2) is 4.68. The van der Waals surface area contributed by atoms with Crippen LogP contribution in [0.2, 0.25) is 0 Å². The van der Waals surface area contributed by atoms with Crippen LogP contribution >= 0.6 is 23.1 Å². The summed E-state index contributed by atoms with van der Waals surface area (Å²) in [4.78, 5) is 5.54. The summed E-state index contributed by atoms with van der Waals surface area (Å²) in [6.45, 7) is 2.01. The molecule has 4 heteroatoms. The number of hydrogen-bond acceptors (Lipinski definition) is 4. The fourth-order valence-electron chi connectivity index (χ4n) is 1.16. The second-order valence-corrected chi connectivity index (χ2v) is 5.16. The first-order chi connectivity index (χ1) is 7.24. The maximum Gasteiger partial charge on any atom is 0.115 e. The highest BCUT2D eigenvalue weighted by Crippen LogP contribution is 2.25. The molecule has 0 atom stereocenters. The standard InChI is InChI=1S/C11H11NOS2/c1-8-6-15-11(12-8)7-14-10-4-2-9(13)3-5-10/h2-6,13H,7H2,1H3. The highest BCUT2D eigenvalue weighted by Gasteiger charge is 2.00. The van der Waals surface area contributed by atoms with E-state index in [1.807, 2.05) is 19.1 Å². The van der Waals surface area contributed by atoms with Gasteiger partial charge in [-0.3, -0.25) is 0 Å². The Hall–Kier alpha value is -1.00. The number of phenolic OH excluding ortho intramolecular Hbond substituents is 1. The highest BCUT2D eigenvalue weighted by atomic mass is 32.2. The van der Waals surface area contributed by atoms with Crippen LogP contribution in [0.1, 0.15) is 10.7 Å². The van der Waals surface area contributed by atoms with E-state index in [1.54, 1.807) is 35.2 Å². The minimum atomic E-state index is 0.310. The van der Waals surface area contributed by atoms with E-state index in [9.17, 15) is 0 Å². The average molecular weight is 237 g/mol. The van der Waals surface area contributed by atoms with E-state index >= 15 is 0 Å². The molecule has 1 aromatic carbocycles. The van der Waals surface area contributed by atoms with Crippen molar-refractivity contribution in [1.82, 2.24) is 4.98 Å². The van der Waals surface area contributed by atoms with Crippen molar-refractivity contribution in [2.24, 2.45) is 0 Å². The van der Waals surface area contributed by atoms with Crippen LogP contribution in [0.3, 0.4) is 0 Å². The van der Waals surface area contributed by atoms with Gasteiger partial charge in [0, 0.05) is 16.0 Å². The van der Waals surface area contributed by atoms with Crippen LogP contribution in [0.4, 0.5) is 0 Å². The van der Waals surface area contributed by atoms with Gasteiger partial charge in [-0.2, -0.15) is 0 Å².